The fraction of sp³-hybridized carbons (Fsp3) is 0.231. The molecular formula is C13H15N3. The molecule has 0 aliphatic carbocycles. The van der Waals surface area contributed by atoms with Gasteiger partial charge in [-0.3, -0.25) is 0 Å². The van der Waals surface area contributed by atoms with Gasteiger partial charge >= 0.3 is 0 Å². The van der Waals surface area contributed by atoms with Crippen LogP contribution in [0.5, 0.6) is 0 Å². The lowest BCUT2D eigenvalue weighted by molar-refractivity contribution is 0.789. The number of allylic oxidation sites excluding steroid dienone is 1. The summed E-state index contributed by atoms with van der Waals surface area (Å²) in [5.41, 5.74) is 8.13. The first-order valence-corrected chi connectivity index (χ1v) is 5.12. The van der Waals surface area contributed by atoms with E-state index >= 15 is 0 Å². The molecule has 0 saturated carbocycles. The summed E-state index contributed by atoms with van der Waals surface area (Å²) in [4.78, 5) is 0. The second kappa shape index (κ2) is 5.72. The van der Waals surface area contributed by atoms with Crippen LogP contribution in [0.4, 0.5) is 0 Å². The van der Waals surface area contributed by atoms with Crippen LogP contribution in [0.25, 0.3) is 5.57 Å². The van der Waals surface area contributed by atoms with Gasteiger partial charge in [0, 0.05) is 24.4 Å². The van der Waals surface area contributed by atoms with Crippen LogP contribution in [0.15, 0.2) is 30.5 Å². The molecule has 0 radical (unpaired) electrons. The van der Waals surface area contributed by atoms with E-state index in [-0.39, 0.29) is 5.92 Å². The van der Waals surface area contributed by atoms with Gasteiger partial charge in [0.25, 0.3) is 0 Å². The zero-order valence-electron chi connectivity index (χ0n) is 9.27. The van der Waals surface area contributed by atoms with Crippen LogP contribution in [0.1, 0.15) is 30.4 Å². The van der Waals surface area contributed by atoms with E-state index < -0.39 is 0 Å². The van der Waals surface area contributed by atoms with Gasteiger partial charge in [0.1, 0.15) is 0 Å². The number of rotatable bonds is 4. The van der Waals surface area contributed by atoms with E-state index in [1.807, 2.05) is 31.2 Å². The van der Waals surface area contributed by atoms with Crippen LogP contribution in [0, 0.1) is 16.7 Å². The maximum Gasteiger partial charge on any atom is 0.0628 e. The Labute approximate surface area is 95.7 Å². The first kappa shape index (κ1) is 12.0. The Kier molecular flexibility index (Phi) is 4.28. The highest BCUT2D eigenvalue weighted by atomic mass is 14.5. The van der Waals surface area contributed by atoms with Gasteiger partial charge in [0.15, 0.2) is 0 Å². The molecule has 16 heavy (non-hydrogen) atoms. The minimum Gasteiger partial charge on any atom is -0.404 e. The quantitative estimate of drug-likeness (QED) is 0.754. The van der Waals surface area contributed by atoms with Crippen molar-refractivity contribution in [2.24, 2.45) is 5.73 Å². The van der Waals surface area contributed by atoms with Crippen molar-refractivity contribution in [3.8, 4) is 6.07 Å². The molecule has 82 valence electrons. The zero-order valence-corrected chi connectivity index (χ0v) is 9.27. The molecular weight excluding hydrogens is 198 g/mol. The molecule has 1 atom stereocenters. The van der Waals surface area contributed by atoms with Crippen molar-refractivity contribution in [2.75, 3.05) is 0 Å². The molecule has 0 saturated heterocycles. The zero-order chi connectivity index (χ0) is 12.0. The topological polar surface area (TPSA) is 73.7 Å². The maximum atomic E-state index is 8.65. The first-order chi connectivity index (χ1) is 7.72. The predicted octanol–water partition coefficient (Wildman–Crippen LogP) is 2.65. The number of benzene rings is 1. The van der Waals surface area contributed by atoms with Gasteiger partial charge in [0.2, 0.25) is 0 Å². The Hall–Kier alpha value is -2.08. The lowest BCUT2D eigenvalue weighted by Gasteiger charge is -2.09. The summed E-state index contributed by atoms with van der Waals surface area (Å²) in [5, 5.41) is 15.9. The van der Waals surface area contributed by atoms with Gasteiger partial charge in [-0.2, -0.15) is 5.26 Å². The third-order valence-electron chi connectivity index (χ3n) is 2.52. The van der Waals surface area contributed by atoms with Gasteiger partial charge in [0.05, 0.1) is 6.07 Å². The summed E-state index contributed by atoms with van der Waals surface area (Å²) in [5.74, 6) is 0.203. The van der Waals surface area contributed by atoms with Gasteiger partial charge in [-0.15, -0.1) is 0 Å². The second-order valence-electron chi connectivity index (χ2n) is 3.66. The third-order valence-corrected chi connectivity index (χ3v) is 2.52. The van der Waals surface area contributed by atoms with Gasteiger partial charge in [-0.25, -0.2) is 0 Å². The molecule has 3 N–H and O–H groups in total. The van der Waals surface area contributed by atoms with Crippen molar-refractivity contribution < 1.29 is 0 Å². The van der Waals surface area contributed by atoms with E-state index in [1.54, 1.807) is 0 Å². The van der Waals surface area contributed by atoms with Crippen molar-refractivity contribution in [3.05, 3.63) is 41.6 Å². The molecule has 1 aromatic carbocycles. The van der Waals surface area contributed by atoms with Crippen molar-refractivity contribution in [1.29, 1.82) is 10.7 Å². The minimum atomic E-state index is 0.203. The predicted molar refractivity (Wildman–Crippen MR) is 66.0 cm³/mol. The van der Waals surface area contributed by atoms with E-state index in [4.69, 9.17) is 16.4 Å². The highest BCUT2D eigenvalue weighted by Gasteiger charge is 2.06. The standard InChI is InChI=1S/C13H15N3/c1-10(5-6-14)11-3-2-4-12(7-11)13(8-15)9-16/h2-4,7-10,15H,5,16H2,1H3/b13-9+,15-8?. The Morgan fingerprint density at radius 3 is 2.94 bits per heavy atom. The first-order valence-electron chi connectivity index (χ1n) is 5.12. The van der Waals surface area contributed by atoms with Crippen LogP contribution in [0.3, 0.4) is 0 Å². The number of hydrogen-bond donors (Lipinski definition) is 2. The van der Waals surface area contributed by atoms with Gasteiger partial charge in [-0.1, -0.05) is 31.2 Å². The van der Waals surface area contributed by atoms with Crippen molar-refractivity contribution in [3.63, 3.8) is 0 Å². The molecule has 1 aromatic rings. The van der Waals surface area contributed by atoms with Crippen LogP contribution >= 0.6 is 0 Å². The highest BCUT2D eigenvalue weighted by molar-refractivity contribution is 6.08. The average molecular weight is 213 g/mol. The normalized spacial score (nSPS) is 12.9. The molecule has 0 aliphatic rings. The molecule has 1 rings (SSSR count). The number of nitriles is 1. The van der Waals surface area contributed by atoms with Crippen LogP contribution in [-0.2, 0) is 0 Å². The smallest absolute Gasteiger partial charge is 0.0628 e. The summed E-state index contributed by atoms with van der Waals surface area (Å²) in [6.07, 6.45) is 3.14. The van der Waals surface area contributed by atoms with Crippen LogP contribution < -0.4 is 5.73 Å². The number of hydrogen-bond acceptors (Lipinski definition) is 3. The summed E-state index contributed by atoms with van der Waals surface area (Å²) >= 11 is 0. The monoisotopic (exact) mass is 213 g/mol. The molecule has 3 nitrogen and oxygen atoms in total. The van der Waals surface area contributed by atoms with E-state index in [0.717, 1.165) is 11.1 Å². The number of nitrogens with one attached hydrogen (secondary N) is 1. The molecule has 0 aliphatic heterocycles. The van der Waals surface area contributed by atoms with Crippen molar-refractivity contribution in [2.45, 2.75) is 19.3 Å². The Balaban J connectivity index is 3.04. The molecule has 1 unspecified atom stereocenters. The molecule has 0 spiro atoms. The fourth-order valence-electron chi connectivity index (χ4n) is 1.51. The number of nitrogens with zero attached hydrogens (tertiary/aromatic N) is 1. The molecule has 0 aromatic heterocycles. The maximum absolute atomic E-state index is 8.65. The number of nitrogens with two attached hydrogens (primary N) is 1. The lowest BCUT2D eigenvalue weighted by Crippen LogP contribution is -1.95. The van der Waals surface area contributed by atoms with E-state index in [0.29, 0.717) is 12.0 Å². The van der Waals surface area contributed by atoms with Crippen LogP contribution in [-0.4, -0.2) is 6.21 Å². The summed E-state index contributed by atoms with van der Waals surface area (Å²) in [7, 11) is 0. The van der Waals surface area contributed by atoms with E-state index in [1.165, 1.54) is 12.4 Å². The molecule has 0 heterocycles. The minimum absolute atomic E-state index is 0.203. The van der Waals surface area contributed by atoms with E-state index in [9.17, 15) is 0 Å². The fourth-order valence-corrected chi connectivity index (χ4v) is 1.51. The summed E-state index contributed by atoms with van der Waals surface area (Å²) in [6, 6.07) is 9.96. The molecule has 0 amide bonds. The van der Waals surface area contributed by atoms with Crippen molar-refractivity contribution in [1.82, 2.24) is 0 Å². The molecule has 0 bridgehead atoms. The second-order valence-corrected chi connectivity index (χ2v) is 3.66. The highest BCUT2D eigenvalue weighted by Crippen LogP contribution is 2.22. The molecule has 3 heteroatoms. The lowest BCUT2D eigenvalue weighted by atomic mass is 9.95. The summed E-state index contributed by atoms with van der Waals surface area (Å²) in [6.45, 7) is 2.01. The largest absolute Gasteiger partial charge is 0.404 e. The Morgan fingerprint density at radius 2 is 2.38 bits per heavy atom. The Bertz CT molecular complexity index is 441. The SMILES string of the molecule is CC(CC#N)c1cccc(/C(C=N)=C/N)c1. The van der Waals surface area contributed by atoms with Gasteiger partial charge in [-0.05, 0) is 17.0 Å². The summed E-state index contributed by atoms with van der Waals surface area (Å²) < 4.78 is 0. The Morgan fingerprint density at radius 1 is 1.62 bits per heavy atom. The van der Waals surface area contributed by atoms with E-state index in [2.05, 4.69) is 6.07 Å². The van der Waals surface area contributed by atoms with Crippen LogP contribution in [0.2, 0.25) is 0 Å². The third kappa shape index (κ3) is 2.71. The van der Waals surface area contributed by atoms with Crippen molar-refractivity contribution >= 4 is 11.8 Å². The van der Waals surface area contributed by atoms with Gasteiger partial charge < -0.3 is 11.1 Å². The molecule has 0 fully saturated rings. The average Bonchev–Trinajstić information content (AvgIpc) is 2.31.